The number of nitrogens with zero attached hydrogens (tertiary/aromatic N) is 4. The van der Waals surface area contributed by atoms with Crippen LogP contribution in [0.5, 0.6) is 0 Å². The van der Waals surface area contributed by atoms with Crippen LogP contribution in [0.1, 0.15) is 45.3 Å². The summed E-state index contributed by atoms with van der Waals surface area (Å²) in [6, 6.07) is 2.43. The lowest BCUT2D eigenvalue weighted by Crippen LogP contribution is -2.44. The molecule has 1 amide bonds. The minimum atomic E-state index is -0.0105. The highest BCUT2D eigenvalue weighted by atomic mass is 16.2. The van der Waals surface area contributed by atoms with E-state index in [1.165, 1.54) is 6.33 Å². The number of hydrogen-bond acceptors (Lipinski definition) is 4. The Balaban J connectivity index is 1.94. The van der Waals surface area contributed by atoms with E-state index < -0.39 is 0 Å². The van der Waals surface area contributed by atoms with E-state index in [1.54, 1.807) is 6.20 Å². The largest absolute Gasteiger partial charge is 0.337 e. The maximum atomic E-state index is 12.7. The SMILES string of the molecule is CC(C)N1CCC(C(=O)N(C)[C@H](C)c2ccncn2)CC1. The van der Waals surface area contributed by atoms with Crippen LogP contribution in [0.25, 0.3) is 0 Å². The first-order valence-corrected chi connectivity index (χ1v) is 7.77. The average molecular weight is 290 g/mol. The topological polar surface area (TPSA) is 49.3 Å². The molecule has 0 spiro atoms. The van der Waals surface area contributed by atoms with Crippen molar-refractivity contribution in [2.75, 3.05) is 20.1 Å². The molecule has 5 heteroatoms. The van der Waals surface area contributed by atoms with Crippen molar-refractivity contribution >= 4 is 5.91 Å². The highest BCUT2D eigenvalue weighted by molar-refractivity contribution is 5.79. The van der Waals surface area contributed by atoms with Gasteiger partial charge in [0.05, 0.1) is 11.7 Å². The predicted octanol–water partition coefficient (Wildman–Crippen LogP) is 2.12. The number of rotatable bonds is 4. The van der Waals surface area contributed by atoms with Gasteiger partial charge >= 0.3 is 0 Å². The van der Waals surface area contributed by atoms with Gasteiger partial charge in [-0.2, -0.15) is 0 Å². The maximum absolute atomic E-state index is 12.7. The summed E-state index contributed by atoms with van der Waals surface area (Å²) >= 11 is 0. The van der Waals surface area contributed by atoms with E-state index in [1.807, 2.05) is 24.9 Å². The third-order valence-electron chi connectivity index (χ3n) is 4.57. The van der Waals surface area contributed by atoms with Gasteiger partial charge in [0, 0.05) is 25.2 Å². The molecule has 2 rings (SSSR count). The lowest BCUT2D eigenvalue weighted by atomic mass is 9.94. The van der Waals surface area contributed by atoms with Crippen molar-refractivity contribution < 1.29 is 4.79 Å². The highest BCUT2D eigenvalue weighted by Crippen LogP contribution is 2.24. The Labute approximate surface area is 127 Å². The molecule has 1 fully saturated rings. The normalized spacial score (nSPS) is 18.7. The standard InChI is InChI=1S/C16H26N4O/c1-12(2)20-9-6-14(7-10-20)16(21)19(4)13(3)15-5-8-17-11-18-15/h5,8,11-14H,6-7,9-10H2,1-4H3/t13-/m1/s1. The highest BCUT2D eigenvalue weighted by Gasteiger charge is 2.30. The third kappa shape index (κ3) is 3.79. The second-order valence-electron chi connectivity index (χ2n) is 6.16. The van der Waals surface area contributed by atoms with Crippen molar-refractivity contribution in [3.8, 4) is 0 Å². The number of carbonyl (C=O) groups is 1. The van der Waals surface area contributed by atoms with Crippen LogP contribution >= 0.6 is 0 Å². The quantitative estimate of drug-likeness (QED) is 0.852. The zero-order chi connectivity index (χ0) is 15.4. The Hall–Kier alpha value is -1.49. The predicted molar refractivity (Wildman–Crippen MR) is 82.7 cm³/mol. The molecule has 1 saturated heterocycles. The molecule has 0 aromatic carbocycles. The van der Waals surface area contributed by atoms with E-state index in [2.05, 4.69) is 28.7 Å². The van der Waals surface area contributed by atoms with Crippen LogP contribution < -0.4 is 0 Å². The van der Waals surface area contributed by atoms with Gasteiger partial charge in [0.1, 0.15) is 6.33 Å². The summed E-state index contributed by atoms with van der Waals surface area (Å²) in [5, 5.41) is 0. The average Bonchev–Trinajstić information content (AvgIpc) is 2.53. The summed E-state index contributed by atoms with van der Waals surface area (Å²) in [6.45, 7) is 8.48. The van der Waals surface area contributed by atoms with Gasteiger partial charge in [-0.1, -0.05) is 0 Å². The van der Waals surface area contributed by atoms with Gasteiger partial charge in [0.15, 0.2) is 0 Å². The van der Waals surface area contributed by atoms with Gasteiger partial charge in [-0.25, -0.2) is 9.97 Å². The monoisotopic (exact) mass is 290 g/mol. The summed E-state index contributed by atoms with van der Waals surface area (Å²) in [4.78, 5) is 25.1. The molecule has 21 heavy (non-hydrogen) atoms. The molecule has 116 valence electrons. The molecular weight excluding hydrogens is 264 g/mol. The van der Waals surface area contributed by atoms with Gasteiger partial charge in [0.25, 0.3) is 0 Å². The molecule has 0 aliphatic carbocycles. The van der Waals surface area contributed by atoms with E-state index in [0.717, 1.165) is 31.6 Å². The van der Waals surface area contributed by atoms with Crippen LogP contribution in [-0.4, -0.2) is 51.9 Å². The summed E-state index contributed by atoms with van der Waals surface area (Å²) in [5.74, 6) is 0.388. The molecule has 5 nitrogen and oxygen atoms in total. The van der Waals surface area contributed by atoms with Crippen molar-refractivity contribution in [3.63, 3.8) is 0 Å². The van der Waals surface area contributed by atoms with Crippen molar-refractivity contribution in [3.05, 3.63) is 24.3 Å². The summed E-state index contributed by atoms with van der Waals surface area (Å²) in [6.07, 6.45) is 5.17. The molecule has 0 saturated carbocycles. The Kier molecular flexibility index (Phi) is 5.28. The number of aromatic nitrogens is 2. The first-order valence-electron chi connectivity index (χ1n) is 7.77. The fraction of sp³-hybridized carbons (Fsp3) is 0.688. The number of likely N-dealkylation sites (tertiary alicyclic amines) is 1. The Morgan fingerprint density at radius 1 is 1.33 bits per heavy atom. The van der Waals surface area contributed by atoms with Crippen LogP contribution in [0.15, 0.2) is 18.6 Å². The molecule has 0 N–H and O–H groups in total. The van der Waals surface area contributed by atoms with Crippen LogP contribution in [0.4, 0.5) is 0 Å². The van der Waals surface area contributed by atoms with Crippen LogP contribution in [0.2, 0.25) is 0 Å². The number of hydrogen-bond donors (Lipinski definition) is 0. The minimum absolute atomic E-state index is 0.0105. The number of amides is 1. The first kappa shape index (κ1) is 15.9. The van der Waals surface area contributed by atoms with E-state index in [4.69, 9.17) is 0 Å². The number of piperidine rings is 1. The Bertz CT molecular complexity index is 455. The van der Waals surface area contributed by atoms with E-state index in [9.17, 15) is 4.79 Å². The molecular formula is C16H26N4O. The van der Waals surface area contributed by atoms with Gasteiger partial charge in [0.2, 0.25) is 5.91 Å². The van der Waals surface area contributed by atoms with Crippen molar-refractivity contribution in [1.29, 1.82) is 0 Å². The summed E-state index contributed by atoms with van der Waals surface area (Å²) < 4.78 is 0. The molecule has 1 aliphatic heterocycles. The second-order valence-corrected chi connectivity index (χ2v) is 6.16. The molecule has 1 atom stereocenters. The Morgan fingerprint density at radius 3 is 2.52 bits per heavy atom. The van der Waals surface area contributed by atoms with Crippen LogP contribution in [0.3, 0.4) is 0 Å². The fourth-order valence-electron chi connectivity index (χ4n) is 2.89. The molecule has 1 aliphatic rings. The third-order valence-corrected chi connectivity index (χ3v) is 4.57. The van der Waals surface area contributed by atoms with Crippen molar-refractivity contribution in [2.24, 2.45) is 5.92 Å². The van der Waals surface area contributed by atoms with Crippen molar-refractivity contribution in [2.45, 2.75) is 45.7 Å². The number of carbonyl (C=O) groups excluding carboxylic acids is 1. The maximum Gasteiger partial charge on any atom is 0.226 e. The molecule has 0 radical (unpaired) electrons. The van der Waals surface area contributed by atoms with Crippen molar-refractivity contribution in [1.82, 2.24) is 19.8 Å². The van der Waals surface area contributed by atoms with Gasteiger partial charge in [-0.3, -0.25) is 4.79 Å². The van der Waals surface area contributed by atoms with Crippen LogP contribution in [0, 0.1) is 5.92 Å². The van der Waals surface area contributed by atoms with E-state index in [-0.39, 0.29) is 17.9 Å². The molecule has 1 aromatic heterocycles. The molecule has 0 unspecified atom stereocenters. The van der Waals surface area contributed by atoms with E-state index in [0.29, 0.717) is 6.04 Å². The molecule has 0 bridgehead atoms. The minimum Gasteiger partial charge on any atom is -0.337 e. The zero-order valence-corrected chi connectivity index (χ0v) is 13.5. The van der Waals surface area contributed by atoms with Gasteiger partial charge in [-0.05, 0) is 52.8 Å². The summed E-state index contributed by atoms with van der Waals surface area (Å²) in [7, 11) is 1.88. The smallest absolute Gasteiger partial charge is 0.226 e. The molecule has 2 heterocycles. The van der Waals surface area contributed by atoms with E-state index >= 15 is 0 Å². The first-order chi connectivity index (χ1) is 10.0. The summed E-state index contributed by atoms with van der Waals surface area (Å²) in [5.41, 5.74) is 0.889. The lowest BCUT2D eigenvalue weighted by molar-refractivity contribution is -0.138. The molecule has 1 aromatic rings. The second kappa shape index (κ2) is 6.98. The lowest BCUT2D eigenvalue weighted by Gasteiger charge is -2.36. The van der Waals surface area contributed by atoms with Gasteiger partial charge < -0.3 is 9.80 Å². The van der Waals surface area contributed by atoms with Crippen LogP contribution in [-0.2, 0) is 4.79 Å². The fourth-order valence-corrected chi connectivity index (χ4v) is 2.89. The Morgan fingerprint density at radius 2 is 2.00 bits per heavy atom. The van der Waals surface area contributed by atoms with Gasteiger partial charge in [-0.15, -0.1) is 0 Å². The zero-order valence-electron chi connectivity index (χ0n) is 13.5.